The molecule has 12 aromatic rings. The molecule has 16 rings (SSSR count). The molecule has 1 aromatic heterocycles. The highest BCUT2D eigenvalue weighted by atomic mass is 32.2. The highest BCUT2D eigenvalue weighted by molar-refractivity contribution is 7.99. The van der Waals surface area contributed by atoms with Gasteiger partial charge in [-0.15, -0.1) is 0 Å². The molecule has 0 saturated heterocycles. The Morgan fingerprint density at radius 1 is 0.292 bits per heavy atom. The fourth-order valence-corrected chi connectivity index (χ4v) is 15.6. The third-order valence-electron chi connectivity index (χ3n) is 16.0. The predicted octanol–water partition coefficient (Wildman–Crippen LogP) is 18.4. The van der Waals surface area contributed by atoms with E-state index in [0.29, 0.717) is 0 Å². The second-order valence-corrected chi connectivity index (χ2v) is 21.6. The molecule has 0 N–H and O–H groups in total. The van der Waals surface area contributed by atoms with Crippen LogP contribution in [0.5, 0.6) is 0 Å². The van der Waals surface area contributed by atoms with Crippen molar-refractivity contribution < 1.29 is 4.42 Å². The number of benzene rings is 11. The van der Waals surface area contributed by atoms with Crippen molar-refractivity contribution in [3.63, 3.8) is 0 Å². The highest BCUT2D eigenvalue weighted by Crippen LogP contribution is 2.65. The summed E-state index contributed by atoms with van der Waals surface area (Å²) in [4.78, 5) is 7.70. The first-order valence-electron chi connectivity index (χ1n) is 24.7. The van der Waals surface area contributed by atoms with E-state index in [1.165, 1.54) is 86.3 Å². The molecule has 3 heterocycles. The lowest BCUT2D eigenvalue weighted by molar-refractivity contribution is 0.670. The molecule has 4 aliphatic rings. The van der Waals surface area contributed by atoms with Gasteiger partial charge < -0.3 is 9.32 Å². The zero-order valence-corrected chi connectivity index (χ0v) is 40.5. The van der Waals surface area contributed by atoms with Crippen molar-refractivity contribution in [2.24, 2.45) is 0 Å². The molecule has 11 aromatic carbocycles. The van der Waals surface area contributed by atoms with E-state index in [9.17, 15) is 0 Å². The SMILES string of the molecule is c1ccc2c(c1)Sc1ccccc1C21c2ccccc2-c2cc(N(c3ccc(-c4cccc5c4oc4ccccc45)cc3)c3ccc4c(c3)-c3ccccc3C43c4ccccc4Sc4ccccc43)ccc21. The average molecular weight is 952 g/mol. The van der Waals surface area contributed by atoms with Gasteiger partial charge in [-0.2, -0.15) is 0 Å². The van der Waals surface area contributed by atoms with Crippen molar-refractivity contribution in [3.8, 4) is 33.4 Å². The average Bonchev–Trinajstić information content (AvgIpc) is 4.06. The third-order valence-corrected chi connectivity index (χ3v) is 18.3. The van der Waals surface area contributed by atoms with Crippen LogP contribution < -0.4 is 4.90 Å². The van der Waals surface area contributed by atoms with Crippen molar-refractivity contribution >= 4 is 62.5 Å². The van der Waals surface area contributed by atoms with Crippen LogP contribution in [0.1, 0.15) is 44.5 Å². The molecule has 72 heavy (non-hydrogen) atoms. The van der Waals surface area contributed by atoms with Crippen LogP contribution in [0.2, 0.25) is 0 Å². The minimum atomic E-state index is -0.455. The topological polar surface area (TPSA) is 16.4 Å². The van der Waals surface area contributed by atoms with Crippen LogP contribution in [0.15, 0.2) is 273 Å². The first kappa shape index (κ1) is 40.4. The number of fused-ring (bicyclic) bond motifs is 21. The van der Waals surface area contributed by atoms with Crippen molar-refractivity contribution in [1.29, 1.82) is 0 Å². The highest BCUT2D eigenvalue weighted by Gasteiger charge is 2.52. The number of furan rings is 1. The second kappa shape index (κ2) is 15.1. The summed E-state index contributed by atoms with van der Waals surface area (Å²) >= 11 is 3.77. The maximum absolute atomic E-state index is 6.57. The Bertz CT molecular complexity index is 3970. The molecule has 4 heteroatoms. The molecule has 2 spiro atoms. The van der Waals surface area contributed by atoms with Gasteiger partial charge in [-0.1, -0.05) is 206 Å². The lowest BCUT2D eigenvalue weighted by Crippen LogP contribution is -2.32. The van der Waals surface area contributed by atoms with Crippen LogP contribution in [0, 0.1) is 0 Å². The number of anilines is 3. The lowest BCUT2D eigenvalue weighted by Gasteiger charge is -2.40. The molecule has 0 unspecified atom stereocenters. The van der Waals surface area contributed by atoms with Crippen LogP contribution in [0.3, 0.4) is 0 Å². The van der Waals surface area contributed by atoms with E-state index in [1.54, 1.807) is 0 Å². The van der Waals surface area contributed by atoms with Gasteiger partial charge in [-0.05, 0) is 139 Å². The molecule has 2 aliphatic heterocycles. The Balaban J connectivity index is 0.924. The summed E-state index contributed by atoms with van der Waals surface area (Å²) < 4.78 is 6.57. The summed E-state index contributed by atoms with van der Waals surface area (Å²) in [5.41, 5.74) is 22.1. The van der Waals surface area contributed by atoms with Gasteiger partial charge in [0.2, 0.25) is 0 Å². The van der Waals surface area contributed by atoms with E-state index in [-0.39, 0.29) is 0 Å². The number of hydrogen-bond donors (Lipinski definition) is 0. The minimum absolute atomic E-state index is 0.455. The van der Waals surface area contributed by atoms with Crippen LogP contribution in [0.4, 0.5) is 17.1 Å². The zero-order valence-electron chi connectivity index (χ0n) is 38.8. The summed E-state index contributed by atoms with van der Waals surface area (Å²) in [5, 5.41) is 2.26. The number of rotatable bonds is 4. The normalized spacial score (nSPS) is 14.5. The molecule has 0 radical (unpaired) electrons. The van der Waals surface area contributed by atoms with Crippen LogP contribution >= 0.6 is 23.5 Å². The molecule has 0 fully saturated rings. The molecular formula is C68H41NOS2. The first-order valence-corrected chi connectivity index (χ1v) is 26.4. The van der Waals surface area contributed by atoms with E-state index in [2.05, 4.69) is 248 Å². The summed E-state index contributed by atoms with van der Waals surface area (Å²) in [6, 6.07) is 92.9. The van der Waals surface area contributed by atoms with E-state index in [1.807, 2.05) is 29.6 Å². The van der Waals surface area contributed by atoms with Gasteiger partial charge in [-0.25, -0.2) is 0 Å². The quantitative estimate of drug-likeness (QED) is 0.175. The van der Waals surface area contributed by atoms with E-state index in [0.717, 1.165) is 50.1 Å². The van der Waals surface area contributed by atoms with E-state index in [4.69, 9.17) is 4.42 Å². The Labute approximate surface area is 426 Å². The molecule has 0 atom stereocenters. The van der Waals surface area contributed by atoms with Crippen molar-refractivity contribution in [2.45, 2.75) is 30.4 Å². The Hall–Kier alpha value is -8.28. The van der Waals surface area contributed by atoms with Crippen LogP contribution in [-0.2, 0) is 10.8 Å². The van der Waals surface area contributed by atoms with Gasteiger partial charge in [0.15, 0.2) is 0 Å². The van der Waals surface area contributed by atoms with Crippen LogP contribution in [0.25, 0.3) is 55.3 Å². The Morgan fingerprint density at radius 2 is 0.681 bits per heavy atom. The van der Waals surface area contributed by atoms with E-state index >= 15 is 0 Å². The van der Waals surface area contributed by atoms with Crippen LogP contribution in [-0.4, -0.2) is 0 Å². The third kappa shape index (κ3) is 5.33. The minimum Gasteiger partial charge on any atom is -0.455 e. The number of para-hydroxylation sites is 2. The van der Waals surface area contributed by atoms with Gasteiger partial charge in [0, 0.05) is 53.0 Å². The summed E-state index contributed by atoms with van der Waals surface area (Å²) in [6.45, 7) is 0. The molecule has 2 aliphatic carbocycles. The van der Waals surface area contributed by atoms with Gasteiger partial charge in [0.25, 0.3) is 0 Å². The molecular weight excluding hydrogens is 911 g/mol. The van der Waals surface area contributed by atoms with Gasteiger partial charge in [0.05, 0.1) is 10.8 Å². The monoisotopic (exact) mass is 951 g/mol. The molecule has 336 valence electrons. The van der Waals surface area contributed by atoms with Gasteiger partial charge >= 0.3 is 0 Å². The Kier molecular flexibility index (Phi) is 8.49. The van der Waals surface area contributed by atoms with Gasteiger partial charge in [-0.3, -0.25) is 0 Å². The maximum atomic E-state index is 6.57. The van der Waals surface area contributed by atoms with E-state index < -0.39 is 10.8 Å². The molecule has 0 saturated carbocycles. The zero-order chi connectivity index (χ0) is 47.1. The fraction of sp³-hybridized carbons (Fsp3) is 0.0294. The first-order chi connectivity index (χ1) is 35.7. The molecule has 2 nitrogen and oxygen atoms in total. The van der Waals surface area contributed by atoms with Crippen molar-refractivity contribution in [1.82, 2.24) is 0 Å². The summed E-state index contributed by atoms with van der Waals surface area (Å²) in [5.74, 6) is 0. The predicted molar refractivity (Wildman–Crippen MR) is 297 cm³/mol. The van der Waals surface area contributed by atoms with Crippen molar-refractivity contribution in [2.75, 3.05) is 4.90 Å². The summed E-state index contributed by atoms with van der Waals surface area (Å²) in [6.07, 6.45) is 0. The number of nitrogens with zero attached hydrogens (tertiary/aromatic N) is 1. The maximum Gasteiger partial charge on any atom is 0.143 e. The molecule has 0 amide bonds. The smallest absolute Gasteiger partial charge is 0.143 e. The number of hydrogen-bond acceptors (Lipinski definition) is 4. The molecule has 0 bridgehead atoms. The van der Waals surface area contributed by atoms with Gasteiger partial charge in [0.1, 0.15) is 11.2 Å². The summed E-state index contributed by atoms with van der Waals surface area (Å²) in [7, 11) is 0. The Morgan fingerprint density at radius 3 is 1.19 bits per heavy atom. The standard InChI is InChI=1S/C68H41NOS2/c1-4-21-53-47(16-1)51-40-44(36-38-55(51)67(53)57-23-6-11-28-62(57)71-63-29-12-7-24-58(63)67)69(43-34-32-42(33-35-43)46-19-15-20-50-49-18-3-10-27-61(49)70-66(46)50)45-37-39-56-52(41-45)48-17-2-5-22-54(48)68(56)59-25-8-13-30-64(59)72-65-31-14-9-26-60(65)68/h1-41H. The lowest BCUT2D eigenvalue weighted by atomic mass is 9.67. The van der Waals surface area contributed by atoms with Crippen molar-refractivity contribution in [3.05, 3.63) is 293 Å². The second-order valence-electron chi connectivity index (χ2n) is 19.4. The largest absolute Gasteiger partial charge is 0.455 e. The fourth-order valence-electron chi connectivity index (χ4n) is 13.2.